The molecule has 1 atom stereocenters. The van der Waals surface area contributed by atoms with Crippen LogP contribution in [0.2, 0.25) is 0 Å². The number of aromatic nitrogens is 2. The Bertz CT molecular complexity index is 1050. The van der Waals surface area contributed by atoms with Crippen molar-refractivity contribution in [2.24, 2.45) is 0 Å². The molecule has 2 saturated heterocycles. The molecule has 1 amide bonds. The molecule has 0 unspecified atom stereocenters. The van der Waals surface area contributed by atoms with Crippen LogP contribution in [-0.2, 0) is 0 Å². The van der Waals surface area contributed by atoms with Crippen LogP contribution in [0.15, 0.2) is 28.9 Å². The molecule has 5 rings (SSSR count). The van der Waals surface area contributed by atoms with Gasteiger partial charge in [-0.2, -0.15) is 0 Å². The topological polar surface area (TPSA) is 65.7 Å². The van der Waals surface area contributed by atoms with Crippen molar-refractivity contribution in [1.82, 2.24) is 19.9 Å². The summed E-state index contributed by atoms with van der Waals surface area (Å²) in [6.45, 7) is 7.10. The fourth-order valence-corrected chi connectivity index (χ4v) is 5.23. The monoisotopic (exact) mass is 425 g/mol. The van der Waals surface area contributed by atoms with Crippen molar-refractivity contribution in [3.05, 3.63) is 29.3 Å². The van der Waals surface area contributed by atoms with E-state index in [1.54, 1.807) is 6.20 Å². The van der Waals surface area contributed by atoms with Crippen LogP contribution >= 0.6 is 11.3 Å². The highest BCUT2D eigenvalue weighted by molar-refractivity contribution is 7.17. The summed E-state index contributed by atoms with van der Waals surface area (Å²) in [5, 5.41) is 5.95. The van der Waals surface area contributed by atoms with Crippen molar-refractivity contribution in [1.29, 1.82) is 0 Å². The molecule has 0 N–H and O–H groups in total. The normalized spacial score (nSPS) is 20.8. The van der Waals surface area contributed by atoms with Crippen molar-refractivity contribution in [2.45, 2.75) is 32.2 Å². The van der Waals surface area contributed by atoms with Crippen LogP contribution in [0, 0.1) is 0 Å². The van der Waals surface area contributed by atoms with Crippen molar-refractivity contribution >= 4 is 33.9 Å². The first-order valence-electron chi connectivity index (χ1n) is 10.7. The molecule has 8 heteroatoms. The highest BCUT2D eigenvalue weighted by Crippen LogP contribution is 2.34. The maximum Gasteiger partial charge on any atom is 0.265 e. The zero-order valence-corrected chi connectivity index (χ0v) is 18.3. The highest BCUT2D eigenvalue weighted by Gasteiger charge is 2.26. The van der Waals surface area contributed by atoms with E-state index < -0.39 is 0 Å². The third-order valence-electron chi connectivity index (χ3n) is 6.31. The molecule has 0 aliphatic carbocycles. The average molecular weight is 426 g/mol. The lowest BCUT2D eigenvalue weighted by atomic mass is 10.0. The molecule has 3 aromatic rings. The second kappa shape index (κ2) is 8.00. The van der Waals surface area contributed by atoms with E-state index in [1.165, 1.54) is 17.8 Å². The molecule has 0 spiro atoms. The number of amides is 1. The van der Waals surface area contributed by atoms with E-state index in [-0.39, 0.29) is 11.9 Å². The van der Waals surface area contributed by atoms with Crippen molar-refractivity contribution in [2.75, 3.05) is 44.7 Å². The van der Waals surface area contributed by atoms with Crippen LogP contribution in [0.3, 0.4) is 0 Å². The molecule has 2 aliphatic heterocycles. The lowest BCUT2D eigenvalue weighted by Crippen LogP contribution is -2.44. The summed E-state index contributed by atoms with van der Waals surface area (Å²) in [5.74, 6) is 0.0797. The predicted octanol–water partition coefficient (Wildman–Crippen LogP) is 3.72. The number of likely N-dealkylation sites (tertiary alicyclic amines) is 1. The van der Waals surface area contributed by atoms with E-state index >= 15 is 0 Å². The van der Waals surface area contributed by atoms with Gasteiger partial charge in [-0.25, -0.2) is 4.98 Å². The number of piperidine rings is 1. The van der Waals surface area contributed by atoms with Gasteiger partial charge in [-0.1, -0.05) is 5.16 Å². The maximum atomic E-state index is 12.9. The molecule has 2 aromatic heterocycles. The largest absolute Gasteiger partial charge is 0.369 e. The van der Waals surface area contributed by atoms with Crippen molar-refractivity contribution in [3.63, 3.8) is 0 Å². The number of carbonyl (C=O) groups is 1. The lowest BCUT2D eigenvalue weighted by Gasteiger charge is -2.33. The van der Waals surface area contributed by atoms with Gasteiger partial charge in [-0.05, 0) is 45.4 Å². The van der Waals surface area contributed by atoms with Crippen LogP contribution in [0.25, 0.3) is 21.7 Å². The molecule has 30 heavy (non-hydrogen) atoms. The lowest BCUT2D eigenvalue weighted by molar-refractivity contribution is 0.0640. The Morgan fingerprint density at radius 3 is 2.80 bits per heavy atom. The Kier molecular flexibility index (Phi) is 5.20. The molecule has 158 valence electrons. The van der Waals surface area contributed by atoms with Crippen LogP contribution in [0.4, 0.5) is 5.69 Å². The van der Waals surface area contributed by atoms with E-state index in [0.717, 1.165) is 67.2 Å². The number of hydrogen-bond acceptors (Lipinski definition) is 7. The molecule has 2 aliphatic rings. The number of fused-ring (bicyclic) bond motifs is 1. The minimum Gasteiger partial charge on any atom is -0.369 e. The zero-order valence-electron chi connectivity index (χ0n) is 17.5. The summed E-state index contributed by atoms with van der Waals surface area (Å²) in [4.78, 5) is 24.8. The third kappa shape index (κ3) is 3.58. The first-order chi connectivity index (χ1) is 14.6. The Hall–Kier alpha value is -2.45. The van der Waals surface area contributed by atoms with Crippen LogP contribution in [0.1, 0.15) is 35.9 Å². The average Bonchev–Trinajstić information content (AvgIpc) is 3.41. The minimum atomic E-state index is 0.0797. The van der Waals surface area contributed by atoms with Gasteiger partial charge in [-0.3, -0.25) is 4.79 Å². The van der Waals surface area contributed by atoms with Gasteiger partial charge in [0, 0.05) is 50.5 Å². The van der Waals surface area contributed by atoms with Crippen LogP contribution in [0.5, 0.6) is 0 Å². The number of nitrogens with zero attached hydrogens (tertiary/aromatic N) is 5. The summed E-state index contributed by atoms with van der Waals surface area (Å²) in [7, 11) is 2.15. The van der Waals surface area contributed by atoms with E-state index in [0.29, 0.717) is 10.6 Å². The summed E-state index contributed by atoms with van der Waals surface area (Å²) < 4.78 is 5.64. The van der Waals surface area contributed by atoms with Crippen molar-refractivity contribution in [3.8, 4) is 10.7 Å². The van der Waals surface area contributed by atoms with Gasteiger partial charge in [0.05, 0.1) is 11.6 Å². The Balaban J connectivity index is 1.38. The molecular formula is C22H27N5O2S. The first kappa shape index (κ1) is 19.5. The van der Waals surface area contributed by atoms with Gasteiger partial charge in [0.1, 0.15) is 15.6 Å². The van der Waals surface area contributed by atoms with Gasteiger partial charge in [-0.15, -0.1) is 11.3 Å². The summed E-state index contributed by atoms with van der Waals surface area (Å²) in [6, 6.07) is 6.54. The third-order valence-corrected chi connectivity index (χ3v) is 7.30. The van der Waals surface area contributed by atoms with Gasteiger partial charge < -0.3 is 19.2 Å². The molecule has 0 radical (unpaired) electrons. The summed E-state index contributed by atoms with van der Waals surface area (Å²) in [6.07, 6.45) is 5.02. The Labute approximate surface area is 180 Å². The molecule has 0 bridgehead atoms. The van der Waals surface area contributed by atoms with E-state index in [9.17, 15) is 4.79 Å². The number of hydrogen-bond donors (Lipinski definition) is 0. The molecular weight excluding hydrogens is 398 g/mol. The number of likely N-dealkylation sites (N-methyl/N-ethyl adjacent to an activating group) is 1. The quantitative estimate of drug-likeness (QED) is 0.637. The van der Waals surface area contributed by atoms with Gasteiger partial charge in [0.15, 0.2) is 5.58 Å². The Morgan fingerprint density at radius 2 is 2.00 bits per heavy atom. The number of anilines is 1. The van der Waals surface area contributed by atoms with Gasteiger partial charge >= 0.3 is 0 Å². The predicted molar refractivity (Wildman–Crippen MR) is 119 cm³/mol. The van der Waals surface area contributed by atoms with E-state index in [1.807, 2.05) is 4.90 Å². The molecule has 1 aromatic carbocycles. The summed E-state index contributed by atoms with van der Waals surface area (Å²) in [5.41, 5.74) is 2.63. The van der Waals surface area contributed by atoms with E-state index in [2.05, 4.69) is 52.1 Å². The zero-order chi connectivity index (χ0) is 20.7. The molecule has 4 heterocycles. The van der Waals surface area contributed by atoms with Crippen molar-refractivity contribution < 1.29 is 9.32 Å². The fourth-order valence-electron chi connectivity index (χ4n) is 4.37. The van der Waals surface area contributed by atoms with Gasteiger partial charge in [0.25, 0.3) is 5.91 Å². The molecule has 0 saturated carbocycles. The standard InChI is InChI=1S/C22H27N5O2S/c1-15-5-3-4-8-27(15)22(28)19-14-23-21(30-19)20-17-7-6-16(13-18(17)29-24-20)26-11-9-25(2)10-12-26/h6-7,13-15H,3-5,8-12H2,1-2H3/t15-/m0/s1. The number of thiazole rings is 1. The smallest absolute Gasteiger partial charge is 0.265 e. The number of rotatable bonds is 3. The highest BCUT2D eigenvalue weighted by atomic mass is 32.1. The van der Waals surface area contributed by atoms with E-state index in [4.69, 9.17) is 4.52 Å². The minimum absolute atomic E-state index is 0.0797. The first-order valence-corrected chi connectivity index (χ1v) is 11.5. The van der Waals surface area contributed by atoms with Crippen LogP contribution < -0.4 is 4.90 Å². The second-order valence-corrected chi connectivity index (χ2v) is 9.41. The Morgan fingerprint density at radius 1 is 1.17 bits per heavy atom. The van der Waals surface area contributed by atoms with Crippen LogP contribution in [-0.4, -0.2) is 71.7 Å². The number of carbonyl (C=O) groups excluding carboxylic acids is 1. The fraction of sp³-hybridized carbons (Fsp3) is 0.500. The van der Waals surface area contributed by atoms with Gasteiger partial charge in [0.2, 0.25) is 0 Å². The molecule has 7 nitrogen and oxygen atoms in total. The SMILES string of the molecule is C[C@H]1CCCCN1C(=O)c1cnc(-c2noc3cc(N4CCN(C)CC4)ccc23)s1. The second-order valence-electron chi connectivity index (χ2n) is 8.37. The molecule has 2 fully saturated rings. The number of benzene rings is 1. The maximum absolute atomic E-state index is 12.9. The summed E-state index contributed by atoms with van der Waals surface area (Å²) >= 11 is 1.40. The number of piperazine rings is 1.